The number of hydrogen-bond acceptors (Lipinski definition) is 6. The molecule has 0 saturated carbocycles. The van der Waals surface area contributed by atoms with Crippen LogP contribution in [-0.2, 0) is 11.3 Å². The molecule has 0 bridgehead atoms. The quantitative estimate of drug-likeness (QED) is 0.864. The molecule has 3 heterocycles. The first-order chi connectivity index (χ1) is 11.0. The maximum absolute atomic E-state index is 5.94. The van der Waals surface area contributed by atoms with Crippen molar-refractivity contribution in [2.75, 3.05) is 13.1 Å². The summed E-state index contributed by atoms with van der Waals surface area (Å²) in [5.41, 5.74) is 1.13. The molecule has 0 aromatic carbocycles. The van der Waals surface area contributed by atoms with Gasteiger partial charge in [-0.3, -0.25) is 9.88 Å². The van der Waals surface area contributed by atoms with Crippen LogP contribution >= 0.6 is 0 Å². The first-order valence-corrected chi connectivity index (χ1v) is 8.12. The average Bonchev–Trinajstić information content (AvgIpc) is 3.02. The minimum absolute atomic E-state index is 0.233. The average molecular weight is 316 g/mol. The molecule has 2 aromatic heterocycles. The summed E-state index contributed by atoms with van der Waals surface area (Å²) in [7, 11) is 0. The molecule has 124 valence electrons. The van der Waals surface area contributed by atoms with Gasteiger partial charge in [-0.2, -0.15) is 4.98 Å². The Balaban J connectivity index is 1.50. The molecule has 0 amide bonds. The van der Waals surface area contributed by atoms with Crippen LogP contribution < -0.4 is 0 Å². The maximum Gasteiger partial charge on any atom is 0.252 e. The highest BCUT2D eigenvalue weighted by Gasteiger charge is 2.27. The van der Waals surface area contributed by atoms with Crippen molar-refractivity contribution in [2.45, 2.75) is 51.9 Å². The summed E-state index contributed by atoms with van der Waals surface area (Å²) in [4.78, 5) is 10.9. The van der Waals surface area contributed by atoms with E-state index in [1.807, 2.05) is 12.1 Å². The van der Waals surface area contributed by atoms with Gasteiger partial charge in [-0.15, -0.1) is 0 Å². The fourth-order valence-electron chi connectivity index (χ4n) is 2.81. The zero-order chi connectivity index (χ0) is 16.3. The molecule has 3 rings (SSSR count). The molecule has 6 nitrogen and oxygen atoms in total. The van der Waals surface area contributed by atoms with Gasteiger partial charge in [0.05, 0.1) is 6.10 Å². The second-order valence-electron chi connectivity index (χ2n) is 6.92. The molecule has 0 radical (unpaired) electrons. The molecule has 23 heavy (non-hydrogen) atoms. The van der Waals surface area contributed by atoms with Gasteiger partial charge >= 0.3 is 0 Å². The Kier molecular flexibility index (Phi) is 4.73. The van der Waals surface area contributed by atoms with Crippen LogP contribution in [0.4, 0.5) is 0 Å². The van der Waals surface area contributed by atoms with Crippen LogP contribution in [0.15, 0.2) is 29.0 Å². The number of rotatable bonds is 4. The lowest BCUT2D eigenvalue weighted by Crippen LogP contribution is -2.47. The SMILES string of the molecule is CC(C)(C)N1CCC(OCc2nc(-c3ccncc3)no2)CC1. The van der Waals surface area contributed by atoms with E-state index in [0.29, 0.717) is 18.3 Å². The van der Waals surface area contributed by atoms with Gasteiger partial charge < -0.3 is 9.26 Å². The van der Waals surface area contributed by atoms with Crippen LogP contribution in [0.1, 0.15) is 39.5 Å². The number of likely N-dealkylation sites (tertiary alicyclic amines) is 1. The van der Waals surface area contributed by atoms with E-state index in [1.165, 1.54) is 0 Å². The Morgan fingerprint density at radius 1 is 1.22 bits per heavy atom. The van der Waals surface area contributed by atoms with Crippen LogP contribution in [0.2, 0.25) is 0 Å². The van der Waals surface area contributed by atoms with Crippen molar-refractivity contribution in [1.82, 2.24) is 20.0 Å². The molecule has 1 aliphatic heterocycles. The van der Waals surface area contributed by atoms with Crippen LogP contribution in [0.5, 0.6) is 0 Å². The first-order valence-electron chi connectivity index (χ1n) is 8.12. The number of aromatic nitrogens is 3. The molecule has 0 N–H and O–H groups in total. The molecule has 6 heteroatoms. The largest absolute Gasteiger partial charge is 0.368 e. The van der Waals surface area contributed by atoms with Gasteiger partial charge in [0.15, 0.2) is 0 Å². The summed E-state index contributed by atoms with van der Waals surface area (Å²) in [6, 6.07) is 3.72. The molecule has 0 atom stereocenters. The smallest absolute Gasteiger partial charge is 0.252 e. The minimum Gasteiger partial charge on any atom is -0.368 e. The van der Waals surface area contributed by atoms with Gasteiger partial charge in [0, 0.05) is 36.6 Å². The van der Waals surface area contributed by atoms with Crippen molar-refractivity contribution < 1.29 is 9.26 Å². The van der Waals surface area contributed by atoms with Gasteiger partial charge in [0.25, 0.3) is 5.89 Å². The third-order valence-electron chi connectivity index (χ3n) is 4.24. The number of nitrogens with zero attached hydrogens (tertiary/aromatic N) is 4. The van der Waals surface area contributed by atoms with Crippen LogP contribution in [0, 0.1) is 0 Å². The number of hydrogen-bond donors (Lipinski definition) is 0. The highest BCUT2D eigenvalue weighted by Crippen LogP contribution is 2.22. The van der Waals surface area contributed by atoms with E-state index in [0.717, 1.165) is 31.5 Å². The molecule has 0 unspecified atom stereocenters. The third-order valence-corrected chi connectivity index (χ3v) is 4.24. The van der Waals surface area contributed by atoms with Crippen LogP contribution in [-0.4, -0.2) is 44.8 Å². The molecule has 1 saturated heterocycles. The van der Waals surface area contributed by atoms with Gasteiger partial charge in [-0.1, -0.05) is 5.16 Å². The van der Waals surface area contributed by atoms with Crippen LogP contribution in [0.3, 0.4) is 0 Å². The normalized spacial score (nSPS) is 17.5. The monoisotopic (exact) mass is 316 g/mol. The minimum atomic E-state index is 0.233. The van der Waals surface area contributed by atoms with E-state index in [9.17, 15) is 0 Å². The lowest BCUT2D eigenvalue weighted by Gasteiger charge is -2.40. The van der Waals surface area contributed by atoms with Crippen molar-refractivity contribution in [3.8, 4) is 11.4 Å². The second-order valence-corrected chi connectivity index (χ2v) is 6.92. The summed E-state index contributed by atoms with van der Waals surface area (Å²) in [5.74, 6) is 1.10. The zero-order valence-corrected chi connectivity index (χ0v) is 14.0. The van der Waals surface area contributed by atoms with Crippen molar-refractivity contribution in [2.24, 2.45) is 0 Å². The molecule has 1 fully saturated rings. The van der Waals surface area contributed by atoms with E-state index < -0.39 is 0 Å². The van der Waals surface area contributed by atoms with E-state index in [2.05, 4.69) is 40.8 Å². The topological polar surface area (TPSA) is 64.3 Å². The van der Waals surface area contributed by atoms with Crippen LogP contribution in [0.25, 0.3) is 11.4 Å². The van der Waals surface area contributed by atoms with Gasteiger partial charge in [-0.05, 0) is 45.7 Å². The molecule has 0 aliphatic carbocycles. The zero-order valence-electron chi connectivity index (χ0n) is 14.0. The summed E-state index contributed by atoms with van der Waals surface area (Å²) < 4.78 is 11.2. The summed E-state index contributed by atoms with van der Waals surface area (Å²) in [5, 5.41) is 3.99. The fraction of sp³-hybridized carbons (Fsp3) is 0.588. The van der Waals surface area contributed by atoms with E-state index in [4.69, 9.17) is 9.26 Å². The number of pyridine rings is 1. The summed E-state index contributed by atoms with van der Waals surface area (Å²) in [6.45, 7) is 9.28. The number of ether oxygens (including phenoxy) is 1. The Hall–Kier alpha value is -1.79. The Morgan fingerprint density at radius 3 is 2.57 bits per heavy atom. The Labute approximate surface area is 136 Å². The Morgan fingerprint density at radius 2 is 1.91 bits per heavy atom. The van der Waals surface area contributed by atoms with Gasteiger partial charge in [-0.25, -0.2) is 0 Å². The maximum atomic E-state index is 5.94. The molecule has 0 spiro atoms. The van der Waals surface area contributed by atoms with Crippen molar-refractivity contribution in [3.63, 3.8) is 0 Å². The fourth-order valence-corrected chi connectivity index (χ4v) is 2.81. The van der Waals surface area contributed by atoms with Gasteiger partial charge in [0.1, 0.15) is 6.61 Å². The van der Waals surface area contributed by atoms with Crippen molar-refractivity contribution in [3.05, 3.63) is 30.4 Å². The van der Waals surface area contributed by atoms with E-state index >= 15 is 0 Å². The highest BCUT2D eigenvalue weighted by molar-refractivity contribution is 5.52. The molecular formula is C17H24N4O2. The number of piperidine rings is 1. The summed E-state index contributed by atoms with van der Waals surface area (Å²) >= 11 is 0. The lowest BCUT2D eigenvalue weighted by molar-refractivity contribution is -0.0284. The first kappa shape index (κ1) is 16.1. The second kappa shape index (κ2) is 6.76. The van der Waals surface area contributed by atoms with Crippen molar-refractivity contribution >= 4 is 0 Å². The Bertz CT molecular complexity index is 613. The molecular weight excluding hydrogens is 292 g/mol. The van der Waals surface area contributed by atoms with E-state index in [-0.39, 0.29) is 11.6 Å². The third kappa shape index (κ3) is 4.14. The van der Waals surface area contributed by atoms with E-state index in [1.54, 1.807) is 12.4 Å². The van der Waals surface area contributed by atoms with Crippen molar-refractivity contribution in [1.29, 1.82) is 0 Å². The predicted molar refractivity (Wildman–Crippen MR) is 86.7 cm³/mol. The van der Waals surface area contributed by atoms with Gasteiger partial charge in [0.2, 0.25) is 5.82 Å². The molecule has 1 aliphatic rings. The summed E-state index contributed by atoms with van der Waals surface area (Å²) in [6.07, 6.45) is 5.78. The predicted octanol–water partition coefficient (Wildman–Crippen LogP) is 2.91. The lowest BCUT2D eigenvalue weighted by atomic mass is 9.99. The standard InChI is InChI=1S/C17H24N4O2/c1-17(2,3)21-10-6-14(7-11-21)22-12-15-19-16(20-23-15)13-4-8-18-9-5-13/h4-5,8-9,14H,6-7,10-12H2,1-3H3. The highest BCUT2D eigenvalue weighted by atomic mass is 16.5. The molecule has 2 aromatic rings.